The van der Waals surface area contributed by atoms with Crippen LogP contribution in [-0.2, 0) is 4.74 Å². The van der Waals surface area contributed by atoms with Crippen molar-refractivity contribution >= 4 is 29.2 Å². The van der Waals surface area contributed by atoms with E-state index < -0.39 is 12.1 Å². The summed E-state index contributed by atoms with van der Waals surface area (Å²) in [6, 6.07) is 11.1. The first-order valence-electron chi connectivity index (χ1n) is 10.0. The van der Waals surface area contributed by atoms with E-state index in [1.807, 2.05) is 20.8 Å². The summed E-state index contributed by atoms with van der Waals surface area (Å²) in [6.07, 6.45) is -0.765. The molecule has 0 aliphatic carbocycles. The minimum Gasteiger partial charge on any atom is -0.490 e. The molecule has 8 heteroatoms. The van der Waals surface area contributed by atoms with Gasteiger partial charge in [0.2, 0.25) is 0 Å². The third-order valence-corrected chi connectivity index (χ3v) is 4.39. The van der Waals surface area contributed by atoms with E-state index in [2.05, 4.69) is 10.6 Å². The van der Waals surface area contributed by atoms with Gasteiger partial charge >= 0.3 is 5.97 Å². The van der Waals surface area contributed by atoms with Crippen molar-refractivity contribution in [3.8, 4) is 5.75 Å². The number of hydrogen-bond acceptors (Lipinski definition) is 6. The van der Waals surface area contributed by atoms with Gasteiger partial charge in [0.1, 0.15) is 24.0 Å². The molecular weight excluding hydrogens is 420 g/mol. The summed E-state index contributed by atoms with van der Waals surface area (Å²) in [5.41, 5.74) is 0.856. The highest BCUT2D eigenvalue weighted by atomic mass is 35.5. The summed E-state index contributed by atoms with van der Waals surface area (Å²) in [5, 5.41) is 16.6. The van der Waals surface area contributed by atoms with Crippen molar-refractivity contribution in [3.63, 3.8) is 0 Å². The van der Waals surface area contributed by atoms with E-state index in [0.29, 0.717) is 22.8 Å². The summed E-state index contributed by atoms with van der Waals surface area (Å²) >= 11 is 5.85. The molecule has 2 aromatic rings. The van der Waals surface area contributed by atoms with E-state index in [1.54, 1.807) is 43.3 Å². The Morgan fingerprint density at radius 2 is 1.81 bits per heavy atom. The zero-order valence-corrected chi connectivity index (χ0v) is 19.0. The molecule has 0 aliphatic rings. The molecule has 3 N–H and O–H groups in total. The first kappa shape index (κ1) is 24.7. The molecule has 7 nitrogen and oxygen atoms in total. The molecule has 1 amide bonds. The Morgan fingerprint density at radius 3 is 2.42 bits per heavy atom. The van der Waals surface area contributed by atoms with Gasteiger partial charge in [0.15, 0.2) is 0 Å². The Bertz CT molecular complexity index is 894. The molecule has 0 radical (unpaired) electrons. The van der Waals surface area contributed by atoms with Gasteiger partial charge < -0.3 is 25.2 Å². The van der Waals surface area contributed by atoms with Crippen molar-refractivity contribution in [1.82, 2.24) is 5.32 Å². The number of halogens is 1. The van der Waals surface area contributed by atoms with Crippen LogP contribution in [0.1, 0.15) is 48.4 Å². The molecule has 2 aromatic carbocycles. The second kappa shape index (κ2) is 11.1. The third-order valence-electron chi connectivity index (χ3n) is 4.14. The van der Waals surface area contributed by atoms with Crippen LogP contribution in [0.3, 0.4) is 0 Å². The van der Waals surface area contributed by atoms with Gasteiger partial charge in [-0.3, -0.25) is 4.79 Å². The Balaban J connectivity index is 2.12. The molecule has 0 aromatic heterocycles. The predicted molar refractivity (Wildman–Crippen MR) is 121 cm³/mol. The van der Waals surface area contributed by atoms with Gasteiger partial charge in [-0.2, -0.15) is 0 Å². The van der Waals surface area contributed by atoms with Gasteiger partial charge in [0.25, 0.3) is 5.91 Å². The number of amides is 1. The molecule has 31 heavy (non-hydrogen) atoms. The lowest BCUT2D eigenvalue weighted by atomic mass is 10.1. The van der Waals surface area contributed by atoms with Crippen LogP contribution in [0.4, 0.5) is 5.69 Å². The second-order valence-corrected chi connectivity index (χ2v) is 8.42. The average Bonchev–Trinajstić information content (AvgIpc) is 2.71. The molecule has 2 rings (SSSR count). The van der Waals surface area contributed by atoms with Crippen LogP contribution in [-0.4, -0.2) is 48.4 Å². The van der Waals surface area contributed by atoms with Crippen LogP contribution in [0.25, 0.3) is 0 Å². The number of esters is 1. The molecule has 0 bridgehead atoms. The zero-order chi connectivity index (χ0) is 23.0. The highest BCUT2D eigenvalue weighted by Crippen LogP contribution is 2.25. The maximum absolute atomic E-state index is 12.4. The van der Waals surface area contributed by atoms with Gasteiger partial charge in [-0.25, -0.2) is 4.79 Å². The van der Waals surface area contributed by atoms with Crippen molar-refractivity contribution in [3.05, 3.63) is 58.6 Å². The van der Waals surface area contributed by atoms with Crippen molar-refractivity contribution in [2.75, 3.05) is 25.1 Å². The van der Waals surface area contributed by atoms with Crippen LogP contribution < -0.4 is 15.4 Å². The number of aliphatic hydroxyl groups is 1. The summed E-state index contributed by atoms with van der Waals surface area (Å²) in [7, 11) is 0. The number of benzene rings is 2. The predicted octanol–water partition coefficient (Wildman–Crippen LogP) is 3.90. The summed E-state index contributed by atoms with van der Waals surface area (Å²) in [6.45, 7) is 8.22. The van der Waals surface area contributed by atoms with Crippen LogP contribution in [0, 0.1) is 0 Å². The Labute approximate surface area is 187 Å². The summed E-state index contributed by atoms with van der Waals surface area (Å²) in [5.74, 6) is -0.663. The highest BCUT2D eigenvalue weighted by molar-refractivity contribution is 6.30. The van der Waals surface area contributed by atoms with Gasteiger partial charge in [0.05, 0.1) is 6.61 Å². The van der Waals surface area contributed by atoms with Crippen LogP contribution >= 0.6 is 11.6 Å². The SMILES string of the molecule is CCOC(=O)c1cc(NC(=O)c2ccc(Cl)cc2)ccc1OCC(O)CNC(C)(C)C. The molecule has 1 unspecified atom stereocenters. The zero-order valence-electron chi connectivity index (χ0n) is 18.2. The molecule has 0 aliphatic heterocycles. The smallest absolute Gasteiger partial charge is 0.341 e. The Kier molecular flexibility index (Phi) is 8.86. The van der Waals surface area contributed by atoms with Crippen LogP contribution in [0.15, 0.2) is 42.5 Å². The number of nitrogens with one attached hydrogen (secondary N) is 2. The summed E-state index contributed by atoms with van der Waals surface area (Å²) < 4.78 is 10.8. The Morgan fingerprint density at radius 1 is 1.13 bits per heavy atom. The van der Waals surface area contributed by atoms with E-state index in [9.17, 15) is 14.7 Å². The number of ether oxygens (including phenoxy) is 2. The number of aliphatic hydroxyl groups excluding tert-OH is 1. The van der Waals surface area contributed by atoms with Gasteiger partial charge in [-0.1, -0.05) is 11.6 Å². The highest BCUT2D eigenvalue weighted by Gasteiger charge is 2.18. The lowest BCUT2D eigenvalue weighted by molar-refractivity contribution is 0.0515. The fourth-order valence-corrected chi connectivity index (χ4v) is 2.70. The van der Waals surface area contributed by atoms with Crippen molar-refractivity contribution < 1.29 is 24.2 Å². The number of rotatable bonds is 9. The van der Waals surface area contributed by atoms with E-state index in [-0.39, 0.29) is 36.0 Å². The topological polar surface area (TPSA) is 96.9 Å². The maximum Gasteiger partial charge on any atom is 0.341 e. The van der Waals surface area contributed by atoms with Crippen LogP contribution in [0.2, 0.25) is 5.02 Å². The normalized spacial score (nSPS) is 12.2. The molecule has 0 saturated carbocycles. The first-order valence-corrected chi connectivity index (χ1v) is 10.4. The monoisotopic (exact) mass is 448 g/mol. The number of anilines is 1. The van der Waals surface area contributed by atoms with Gasteiger partial charge in [-0.15, -0.1) is 0 Å². The maximum atomic E-state index is 12.4. The molecule has 0 fully saturated rings. The quantitative estimate of drug-likeness (QED) is 0.503. The second-order valence-electron chi connectivity index (χ2n) is 7.99. The Hall–Kier alpha value is -2.61. The molecule has 0 spiro atoms. The molecule has 0 heterocycles. The fraction of sp³-hybridized carbons (Fsp3) is 0.391. The standard InChI is InChI=1S/C23H29ClN2O5/c1-5-30-22(29)19-12-17(26-21(28)15-6-8-16(24)9-7-15)10-11-20(19)31-14-18(27)13-25-23(2,3)4/h6-12,18,25,27H,5,13-14H2,1-4H3,(H,26,28). The van der Waals surface area contributed by atoms with E-state index in [0.717, 1.165) is 0 Å². The van der Waals surface area contributed by atoms with E-state index in [1.165, 1.54) is 6.07 Å². The minimum atomic E-state index is -0.765. The largest absolute Gasteiger partial charge is 0.490 e. The first-order chi connectivity index (χ1) is 14.6. The average molecular weight is 449 g/mol. The number of β-amino-alcohol motifs (C(OH)–C–C–N with tert-alkyl or cyclic N) is 1. The van der Waals surface area contributed by atoms with Crippen LogP contribution in [0.5, 0.6) is 5.75 Å². The van der Waals surface area contributed by atoms with Gasteiger partial charge in [0, 0.05) is 28.4 Å². The number of carbonyl (C=O) groups is 2. The molecule has 0 saturated heterocycles. The molecular formula is C23H29ClN2O5. The number of hydrogen-bond donors (Lipinski definition) is 3. The van der Waals surface area contributed by atoms with Gasteiger partial charge in [-0.05, 0) is 70.2 Å². The summed E-state index contributed by atoms with van der Waals surface area (Å²) in [4.78, 5) is 24.9. The van der Waals surface area contributed by atoms with Crippen molar-refractivity contribution in [1.29, 1.82) is 0 Å². The van der Waals surface area contributed by atoms with E-state index >= 15 is 0 Å². The van der Waals surface area contributed by atoms with E-state index in [4.69, 9.17) is 21.1 Å². The molecule has 1 atom stereocenters. The lowest BCUT2D eigenvalue weighted by Gasteiger charge is -2.23. The molecule has 168 valence electrons. The van der Waals surface area contributed by atoms with Crippen molar-refractivity contribution in [2.24, 2.45) is 0 Å². The lowest BCUT2D eigenvalue weighted by Crippen LogP contribution is -2.42. The third kappa shape index (κ3) is 8.20. The van der Waals surface area contributed by atoms with Crippen molar-refractivity contribution in [2.45, 2.75) is 39.3 Å². The number of carbonyl (C=O) groups excluding carboxylic acids is 2. The minimum absolute atomic E-state index is 0.00797. The fourth-order valence-electron chi connectivity index (χ4n) is 2.58.